The Kier molecular flexibility index (Phi) is 4.75. The molecule has 0 radical (unpaired) electrons. The Morgan fingerprint density at radius 2 is 1.94 bits per heavy atom. The molecule has 2 N–H and O–H groups in total. The van der Waals surface area contributed by atoms with Crippen molar-refractivity contribution in [3.05, 3.63) is 34.6 Å². The fourth-order valence-electron chi connectivity index (χ4n) is 1.95. The maximum atomic E-state index is 13.3. The molecule has 0 aromatic heterocycles. The van der Waals surface area contributed by atoms with Crippen molar-refractivity contribution in [2.75, 3.05) is 6.54 Å². The Bertz CT molecular complexity index is 340. The van der Waals surface area contributed by atoms with Gasteiger partial charge in [0.05, 0.1) is 5.02 Å². The summed E-state index contributed by atoms with van der Waals surface area (Å²) < 4.78 is 13.3. The molecule has 0 saturated carbocycles. The van der Waals surface area contributed by atoms with Gasteiger partial charge in [-0.1, -0.05) is 37.6 Å². The number of hydrogen-bond donors (Lipinski definition) is 1. The Morgan fingerprint density at radius 1 is 1.31 bits per heavy atom. The predicted octanol–water partition coefficient (Wildman–Crippen LogP) is 3.79. The summed E-state index contributed by atoms with van der Waals surface area (Å²) in [5, 5.41) is 0.238. The van der Waals surface area contributed by atoms with Crippen molar-refractivity contribution >= 4 is 11.6 Å². The number of halogens is 2. The largest absolute Gasteiger partial charge is 0.330 e. The molecule has 3 heteroatoms. The summed E-state index contributed by atoms with van der Waals surface area (Å²) in [5.74, 6) is -0.350. The highest BCUT2D eigenvalue weighted by Crippen LogP contribution is 2.33. The van der Waals surface area contributed by atoms with Crippen LogP contribution >= 0.6 is 11.6 Å². The van der Waals surface area contributed by atoms with Gasteiger partial charge in [-0.25, -0.2) is 4.39 Å². The molecule has 0 saturated heterocycles. The monoisotopic (exact) mass is 243 g/mol. The van der Waals surface area contributed by atoms with E-state index in [1.54, 1.807) is 6.07 Å². The topological polar surface area (TPSA) is 26.0 Å². The summed E-state index contributed by atoms with van der Waals surface area (Å²) in [6, 6.07) is 4.96. The zero-order valence-corrected chi connectivity index (χ0v) is 10.6. The SMILES string of the molecule is CCC(CC)(CN)Cc1cccc(F)c1Cl. The van der Waals surface area contributed by atoms with Gasteiger partial charge < -0.3 is 5.73 Å². The Labute approximate surface area is 102 Å². The van der Waals surface area contributed by atoms with Gasteiger partial charge in [0.15, 0.2) is 0 Å². The first kappa shape index (κ1) is 13.5. The highest BCUT2D eigenvalue weighted by Gasteiger charge is 2.26. The minimum Gasteiger partial charge on any atom is -0.330 e. The lowest BCUT2D eigenvalue weighted by molar-refractivity contribution is 0.271. The first-order chi connectivity index (χ1) is 7.58. The van der Waals surface area contributed by atoms with E-state index in [1.165, 1.54) is 6.07 Å². The second-order valence-electron chi connectivity index (χ2n) is 4.30. The minimum absolute atomic E-state index is 0.0391. The zero-order valence-electron chi connectivity index (χ0n) is 9.89. The van der Waals surface area contributed by atoms with Gasteiger partial charge in [-0.2, -0.15) is 0 Å². The summed E-state index contributed by atoms with van der Waals surface area (Å²) in [7, 11) is 0. The van der Waals surface area contributed by atoms with Gasteiger partial charge in [0.25, 0.3) is 0 Å². The van der Waals surface area contributed by atoms with Gasteiger partial charge >= 0.3 is 0 Å². The van der Waals surface area contributed by atoms with Crippen LogP contribution in [0.5, 0.6) is 0 Å². The molecule has 0 spiro atoms. The Balaban J connectivity index is 2.98. The number of rotatable bonds is 5. The summed E-state index contributed by atoms with van der Waals surface area (Å²) in [6.45, 7) is 4.83. The van der Waals surface area contributed by atoms with Crippen LogP contribution < -0.4 is 5.73 Å². The number of hydrogen-bond acceptors (Lipinski definition) is 1. The molecular weight excluding hydrogens is 225 g/mol. The molecule has 0 aliphatic heterocycles. The van der Waals surface area contributed by atoms with Gasteiger partial charge in [0.1, 0.15) is 5.82 Å². The van der Waals surface area contributed by atoms with Crippen LogP contribution in [-0.4, -0.2) is 6.54 Å². The van der Waals surface area contributed by atoms with Gasteiger partial charge in [0.2, 0.25) is 0 Å². The molecule has 1 nitrogen and oxygen atoms in total. The lowest BCUT2D eigenvalue weighted by Crippen LogP contribution is -2.31. The fourth-order valence-corrected chi connectivity index (χ4v) is 2.14. The third-order valence-corrected chi connectivity index (χ3v) is 3.95. The molecule has 0 aliphatic carbocycles. The maximum Gasteiger partial charge on any atom is 0.142 e. The van der Waals surface area contributed by atoms with Crippen molar-refractivity contribution in [2.24, 2.45) is 11.1 Å². The number of nitrogens with two attached hydrogens (primary N) is 1. The molecule has 0 aliphatic rings. The van der Waals surface area contributed by atoms with Crippen molar-refractivity contribution in [3.8, 4) is 0 Å². The van der Waals surface area contributed by atoms with Crippen LogP contribution in [0.2, 0.25) is 5.02 Å². The van der Waals surface area contributed by atoms with E-state index in [-0.39, 0.29) is 16.3 Å². The zero-order chi connectivity index (χ0) is 12.2. The molecular formula is C13H19ClFN. The number of benzene rings is 1. The average molecular weight is 244 g/mol. The molecule has 0 heterocycles. The molecule has 0 amide bonds. The van der Waals surface area contributed by atoms with Crippen LogP contribution in [-0.2, 0) is 6.42 Å². The van der Waals surface area contributed by atoms with Crippen LogP contribution in [0.4, 0.5) is 4.39 Å². The van der Waals surface area contributed by atoms with E-state index in [0.29, 0.717) is 6.54 Å². The molecule has 0 bridgehead atoms. The first-order valence-electron chi connectivity index (χ1n) is 5.71. The fraction of sp³-hybridized carbons (Fsp3) is 0.538. The van der Waals surface area contributed by atoms with E-state index in [2.05, 4.69) is 13.8 Å². The van der Waals surface area contributed by atoms with E-state index in [1.807, 2.05) is 6.07 Å². The predicted molar refractivity (Wildman–Crippen MR) is 67.2 cm³/mol. The molecule has 1 aromatic rings. The normalized spacial score (nSPS) is 11.8. The van der Waals surface area contributed by atoms with E-state index in [9.17, 15) is 4.39 Å². The summed E-state index contributed by atoms with van der Waals surface area (Å²) in [6.07, 6.45) is 2.70. The summed E-state index contributed by atoms with van der Waals surface area (Å²) >= 11 is 5.95. The van der Waals surface area contributed by atoms with Gasteiger partial charge in [-0.15, -0.1) is 0 Å². The standard InChI is InChI=1S/C13H19ClFN/c1-3-13(4-2,9-16)8-10-6-5-7-11(15)12(10)14/h5-7H,3-4,8-9,16H2,1-2H3. The smallest absolute Gasteiger partial charge is 0.142 e. The lowest BCUT2D eigenvalue weighted by atomic mass is 9.77. The summed E-state index contributed by atoms with van der Waals surface area (Å²) in [5.41, 5.74) is 6.72. The summed E-state index contributed by atoms with van der Waals surface area (Å²) in [4.78, 5) is 0. The van der Waals surface area contributed by atoms with Gasteiger partial charge in [-0.3, -0.25) is 0 Å². The minimum atomic E-state index is -0.350. The van der Waals surface area contributed by atoms with Crippen molar-refractivity contribution in [1.82, 2.24) is 0 Å². The lowest BCUT2D eigenvalue weighted by Gasteiger charge is -2.30. The van der Waals surface area contributed by atoms with Crippen LogP contribution in [0.15, 0.2) is 18.2 Å². The molecule has 0 unspecified atom stereocenters. The van der Waals surface area contributed by atoms with Crippen molar-refractivity contribution in [3.63, 3.8) is 0 Å². The van der Waals surface area contributed by atoms with Crippen LogP contribution in [0.3, 0.4) is 0 Å². The third kappa shape index (κ3) is 2.74. The van der Waals surface area contributed by atoms with E-state index >= 15 is 0 Å². The van der Waals surface area contributed by atoms with E-state index in [0.717, 1.165) is 24.8 Å². The van der Waals surface area contributed by atoms with Gasteiger partial charge in [-0.05, 0) is 42.9 Å². The maximum absolute atomic E-state index is 13.3. The quantitative estimate of drug-likeness (QED) is 0.837. The molecule has 0 atom stereocenters. The molecule has 0 fully saturated rings. The Hall–Kier alpha value is -0.600. The second kappa shape index (κ2) is 5.65. The second-order valence-corrected chi connectivity index (χ2v) is 4.68. The van der Waals surface area contributed by atoms with Crippen LogP contribution in [0, 0.1) is 11.2 Å². The van der Waals surface area contributed by atoms with Crippen LogP contribution in [0.25, 0.3) is 0 Å². The van der Waals surface area contributed by atoms with Crippen LogP contribution in [0.1, 0.15) is 32.3 Å². The van der Waals surface area contributed by atoms with Crippen molar-refractivity contribution < 1.29 is 4.39 Å². The van der Waals surface area contributed by atoms with E-state index in [4.69, 9.17) is 17.3 Å². The first-order valence-corrected chi connectivity index (χ1v) is 6.09. The third-order valence-electron chi connectivity index (χ3n) is 3.53. The average Bonchev–Trinajstić information content (AvgIpc) is 2.32. The molecule has 1 rings (SSSR count). The van der Waals surface area contributed by atoms with Crippen molar-refractivity contribution in [2.45, 2.75) is 33.1 Å². The highest BCUT2D eigenvalue weighted by molar-refractivity contribution is 6.31. The molecule has 16 heavy (non-hydrogen) atoms. The molecule has 90 valence electrons. The van der Waals surface area contributed by atoms with E-state index < -0.39 is 0 Å². The highest BCUT2D eigenvalue weighted by atomic mass is 35.5. The Morgan fingerprint density at radius 3 is 2.44 bits per heavy atom. The molecule has 1 aromatic carbocycles. The van der Waals surface area contributed by atoms with Gasteiger partial charge in [0, 0.05) is 0 Å². The van der Waals surface area contributed by atoms with Crippen molar-refractivity contribution in [1.29, 1.82) is 0 Å².